The Labute approximate surface area is 82.6 Å². The summed E-state index contributed by atoms with van der Waals surface area (Å²) < 4.78 is 0. The lowest BCUT2D eigenvalue weighted by Crippen LogP contribution is -2.21. The van der Waals surface area contributed by atoms with Gasteiger partial charge in [0.15, 0.2) is 5.17 Å². The topological polar surface area (TPSA) is 15.6 Å². The lowest BCUT2D eigenvalue weighted by molar-refractivity contribution is 0.402. The molecule has 0 radical (unpaired) electrons. The summed E-state index contributed by atoms with van der Waals surface area (Å²) in [6, 6.07) is 0. The van der Waals surface area contributed by atoms with E-state index in [9.17, 15) is 0 Å². The Bertz CT molecular complexity index is 194. The van der Waals surface area contributed by atoms with Crippen LogP contribution in [0.25, 0.3) is 0 Å². The summed E-state index contributed by atoms with van der Waals surface area (Å²) in [6.45, 7) is 6.69. The third-order valence-electron chi connectivity index (χ3n) is 1.56. The molecule has 1 atom stereocenters. The van der Waals surface area contributed by atoms with Gasteiger partial charge >= 0.3 is 0 Å². The Morgan fingerprint density at radius 3 is 2.17 bits per heavy atom. The standard InChI is InChI=1S/C8H16N2S2/c1-8(2,3)6-9-7(10(4)5)12-11-6/h6H,1-5H3. The van der Waals surface area contributed by atoms with Gasteiger partial charge in [0.05, 0.1) is 0 Å². The van der Waals surface area contributed by atoms with Crippen LogP contribution in [0.5, 0.6) is 0 Å². The van der Waals surface area contributed by atoms with Gasteiger partial charge in [0.1, 0.15) is 5.37 Å². The zero-order valence-electron chi connectivity index (χ0n) is 8.29. The van der Waals surface area contributed by atoms with Crippen molar-refractivity contribution in [2.45, 2.75) is 26.1 Å². The largest absolute Gasteiger partial charge is 0.357 e. The SMILES string of the molecule is CN(C)C1=NC(C(C)(C)C)SS1. The van der Waals surface area contributed by atoms with E-state index in [2.05, 4.69) is 30.7 Å². The van der Waals surface area contributed by atoms with Crippen LogP contribution in [0, 0.1) is 5.41 Å². The second-order valence-corrected chi connectivity index (χ2v) is 6.45. The maximum Gasteiger partial charge on any atom is 0.170 e. The zero-order valence-corrected chi connectivity index (χ0v) is 9.92. The van der Waals surface area contributed by atoms with Crippen molar-refractivity contribution in [3.8, 4) is 0 Å². The Balaban J connectivity index is 2.65. The number of nitrogens with zero attached hydrogens (tertiary/aromatic N) is 2. The molecule has 0 saturated heterocycles. The minimum Gasteiger partial charge on any atom is -0.357 e. The van der Waals surface area contributed by atoms with Crippen LogP contribution in [-0.2, 0) is 0 Å². The zero-order chi connectivity index (χ0) is 9.35. The summed E-state index contributed by atoms with van der Waals surface area (Å²) >= 11 is 0. The first kappa shape index (κ1) is 10.3. The van der Waals surface area contributed by atoms with E-state index < -0.39 is 0 Å². The Morgan fingerprint density at radius 2 is 1.92 bits per heavy atom. The molecule has 2 nitrogen and oxygen atoms in total. The van der Waals surface area contributed by atoms with Crippen molar-refractivity contribution >= 4 is 26.8 Å². The Kier molecular flexibility index (Phi) is 2.99. The fourth-order valence-corrected chi connectivity index (χ4v) is 3.84. The average Bonchev–Trinajstić information content (AvgIpc) is 2.30. The lowest BCUT2D eigenvalue weighted by Gasteiger charge is -2.21. The van der Waals surface area contributed by atoms with Gasteiger partial charge in [-0.3, -0.25) is 0 Å². The molecule has 0 aliphatic carbocycles. The summed E-state index contributed by atoms with van der Waals surface area (Å²) in [5, 5.41) is 1.54. The van der Waals surface area contributed by atoms with Gasteiger partial charge in [0, 0.05) is 14.1 Å². The van der Waals surface area contributed by atoms with Crippen LogP contribution in [-0.4, -0.2) is 29.5 Å². The molecule has 12 heavy (non-hydrogen) atoms. The molecule has 1 unspecified atom stereocenters. The first-order chi connectivity index (χ1) is 5.41. The first-order valence-electron chi connectivity index (χ1n) is 4.00. The predicted molar refractivity (Wildman–Crippen MR) is 59.5 cm³/mol. The molecule has 4 heteroatoms. The van der Waals surface area contributed by atoms with Gasteiger partial charge in [-0.1, -0.05) is 31.6 Å². The van der Waals surface area contributed by atoms with E-state index in [1.807, 2.05) is 24.9 Å². The normalized spacial score (nSPS) is 24.1. The second-order valence-electron chi connectivity index (χ2n) is 4.20. The van der Waals surface area contributed by atoms with E-state index in [0.29, 0.717) is 5.37 Å². The fourth-order valence-electron chi connectivity index (χ4n) is 0.760. The predicted octanol–water partition coefficient (Wildman–Crippen LogP) is 2.67. The van der Waals surface area contributed by atoms with Crippen LogP contribution in [0.15, 0.2) is 4.99 Å². The van der Waals surface area contributed by atoms with E-state index in [1.165, 1.54) is 0 Å². The van der Waals surface area contributed by atoms with Crippen LogP contribution in [0.3, 0.4) is 0 Å². The monoisotopic (exact) mass is 204 g/mol. The van der Waals surface area contributed by atoms with Crippen molar-refractivity contribution in [3.05, 3.63) is 0 Å². The third kappa shape index (κ3) is 2.33. The van der Waals surface area contributed by atoms with E-state index >= 15 is 0 Å². The second kappa shape index (κ2) is 3.50. The van der Waals surface area contributed by atoms with E-state index in [4.69, 9.17) is 0 Å². The highest BCUT2D eigenvalue weighted by Gasteiger charge is 2.30. The van der Waals surface area contributed by atoms with Crippen molar-refractivity contribution in [2.75, 3.05) is 14.1 Å². The van der Waals surface area contributed by atoms with Gasteiger partial charge in [0.25, 0.3) is 0 Å². The highest BCUT2D eigenvalue weighted by Crippen LogP contribution is 2.44. The average molecular weight is 204 g/mol. The Morgan fingerprint density at radius 1 is 1.33 bits per heavy atom. The molecule has 0 saturated carbocycles. The van der Waals surface area contributed by atoms with Crippen LogP contribution in [0.4, 0.5) is 0 Å². The highest BCUT2D eigenvalue weighted by molar-refractivity contribution is 8.82. The summed E-state index contributed by atoms with van der Waals surface area (Å²) in [5.41, 5.74) is 0.273. The number of amidine groups is 1. The number of rotatable bonds is 0. The van der Waals surface area contributed by atoms with Crippen molar-refractivity contribution in [2.24, 2.45) is 10.4 Å². The highest BCUT2D eigenvalue weighted by atomic mass is 33.1. The Hall–Kier alpha value is 0.170. The van der Waals surface area contributed by atoms with Crippen LogP contribution >= 0.6 is 21.6 Å². The molecule has 0 aromatic heterocycles. The molecular weight excluding hydrogens is 188 g/mol. The summed E-state index contributed by atoms with van der Waals surface area (Å²) in [6.07, 6.45) is 0. The molecule has 0 aromatic carbocycles. The summed E-state index contributed by atoms with van der Waals surface area (Å²) in [7, 11) is 7.71. The number of hydrogen-bond donors (Lipinski definition) is 0. The van der Waals surface area contributed by atoms with Gasteiger partial charge < -0.3 is 4.90 Å². The third-order valence-corrected chi connectivity index (χ3v) is 4.56. The van der Waals surface area contributed by atoms with Gasteiger partial charge in [-0.15, -0.1) is 0 Å². The van der Waals surface area contributed by atoms with Crippen molar-refractivity contribution in [3.63, 3.8) is 0 Å². The van der Waals surface area contributed by atoms with Crippen LogP contribution in [0.1, 0.15) is 20.8 Å². The van der Waals surface area contributed by atoms with Gasteiger partial charge in [0.2, 0.25) is 0 Å². The molecule has 1 aliphatic rings. The van der Waals surface area contributed by atoms with Gasteiger partial charge in [-0.25, -0.2) is 4.99 Å². The lowest BCUT2D eigenvalue weighted by atomic mass is 9.97. The van der Waals surface area contributed by atoms with Gasteiger partial charge in [-0.05, 0) is 16.2 Å². The van der Waals surface area contributed by atoms with Crippen LogP contribution < -0.4 is 0 Å². The molecule has 0 fully saturated rings. The molecule has 0 spiro atoms. The maximum atomic E-state index is 4.63. The van der Waals surface area contributed by atoms with Gasteiger partial charge in [-0.2, -0.15) is 0 Å². The maximum absolute atomic E-state index is 4.63. The molecular formula is C8H16N2S2. The fraction of sp³-hybridized carbons (Fsp3) is 0.875. The van der Waals surface area contributed by atoms with E-state index in [0.717, 1.165) is 5.17 Å². The van der Waals surface area contributed by atoms with Crippen LogP contribution in [0.2, 0.25) is 0 Å². The minimum absolute atomic E-state index is 0.273. The van der Waals surface area contributed by atoms with E-state index in [1.54, 1.807) is 10.8 Å². The molecule has 1 aliphatic heterocycles. The van der Waals surface area contributed by atoms with Crippen molar-refractivity contribution in [1.82, 2.24) is 4.90 Å². The molecule has 0 aromatic rings. The molecule has 0 amide bonds. The summed E-state index contributed by atoms with van der Waals surface area (Å²) in [5.74, 6) is 0. The number of hydrogen-bond acceptors (Lipinski definition) is 4. The van der Waals surface area contributed by atoms with Crippen molar-refractivity contribution in [1.29, 1.82) is 0 Å². The molecule has 1 rings (SSSR count). The first-order valence-corrected chi connectivity index (χ1v) is 6.21. The summed E-state index contributed by atoms with van der Waals surface area (Å²) in [4.78, 5) is 6.70. The molecule has 70 valence electrons. The number of aliphatic imine (C=N–C) groups is 1. The smallest absolute Gasteiger partial charge is 0.170 e. The quantitative estimate of drug-likeness (QED) is 0.564. The molecule has 1 heterocycles. The molecule has 0 N–H and O–H groups in total. The minimum atomic E-state index is 0.273. The van der Waals surface area contributed by atoms with E-state index in [-0.39, 0.29) is 5.41 Å². The molecule has 0 bridgehead atoms. The van der Waals surface area contributed by atoms with Crippen molar-refractivity contribution < 1.29 is 0 Å².